The lowest BCUT2D eigenvalue weighted by Crippen LogP contribution is -2.13. The van der Waals surface area contributed by atoms with Crippen LogP contribution in [0.2, 0.25) is 0 Å². The number of nitrogens with zero attached hydrogens (tertiary/aromatic N) is 4. The highest BCUT2D eigenvalue weighted by molar-refractivity contribution is 7.84. The van der Waals surface area contributed by atoms with E-state index in [1.807, 2.05) is 54.6 Å². The van der Waals surface area contributed by atoms with Crippen LogP contribution in [-0.2, 0) is 27.9 Å². The number of nitrogens with two attached hydrogens (primary N) is 1. The Morgan fingerprint density at radius 3 is 2.69 bits per heavy atom. The smallest absolute Gasteiger partial charge is 0.224 e. The van der Waals surface area contributed by atoms with Gasteiger partial charge in [0.2, 0.25) is 5.91 Å². The number of aromatic nitrogens is 4. The molecule has 162 valence electrons. The minimum Gasteiger partial charge on any atom is -0.397 e. The molecule has 2 aromatic carbocycles. The molecule has 0 fully saturated rings. The molecule has 1 unspecified atom stereocenters. The third-order valence-electron chi connectivity index (χ3n) is 4.77. The summed E-state index contributed by atoms with van der Waals surface area (Å²) in [7, 11) is -1.22. The van der Waals surface area contributed by atoms with E-state index in [0.717, 1.165) is 16.0 Å². The van der Waals surface area contributed by atoms with Gasteiger partial charge < -0.3 is 11.1 Å². The summed E-state index contributed by atoms with van der Waals surface area (Å²) in [6.45, 7) is 0. The minimum absolute atomic E-state index is 0.178. The highest BCUT2D eigenvalue weighted by Crippen LogP contribution is 2.27. The lowest BCUT2D eigenvalue weighted by atomic mass is 10.1. The number of anilines is 2. The molecule has 1 atom stereocenters. The van der Waals surface area contributed by atoms with E-state index < -0.39 is 10.8 Å². The number of nitrogen functional groups attached to an aromatic ring is 1. The number of carbonyl (C=O) groups is 1. The standard InChI is InChI=1S/C23H22N6O2S/c24-21-10-8-17(18-5-4-12-25-14-18)13-22(21)26-23(30)11-9-19-15-29(28-27-19)16-32(31)20-6-2-1-3-7-20/h1-8,10,12-15H,9,11,16,24H2,(H,26,30). The Kier molecular flexibility index (Phi) is 6.66. The zero-order valence-electron chi connectivity index (χ0n) is 17.2. The molecule has 2 aromatic heterocycles. The van der Waals surface area contributed by atoms with E-state index in [1.54, 1.807) is 24.7 Å². The summed E-state index contributed by atoms with van der Waals surface area (Å²) in [4.78, 5) is 17.3. The van der Waals surface area contributed by atoms with Gasteiger partial charge >= 0.3 is 0 Å². The topological polar surface area (TPSA) is 116 Å². The van der Waals surface area contributed by atoms with Crippen molar-refractivity contribution in [1.29, 1.82) is 0 Å². The van der Waals surface area contributed by atoms with Gasteiger partial charge in [-0.15, -0.1) is 5.10 Å². The number of hydrogen-bond acceptors (Lipinski definition) is 6. The Labute approximate surface area is 188 Å². The number of amides is 1. The molecule has 0 saturated heterocycles. The van der Waals surface area contributed by atoms with Crippen molar-refractivity contribution in [3.63, 3.8) is 0 Å². The lowest BCUT2D eigenvalue weighted by Gasteiger charge is -2.10. The van der Waals surface area contributed by atoms with Gasteiger partial charge in [0, 0.05) is 41.9 Å². The van der Waals surface area contributed by atoms with Crippen LogP contribution < -0.4 is 11.1 Å². The molecule has 4 aromatic rings. The first-order chi connectivity index (χ1) is 15.6. The minimum atomic E-state index is -1.22. The zero-order chi connectivity index (χ0) is 22.3. The van der Waals surface area contributed by atoms with E-state index in [2.05, 4.69) is 20.6 Å². The molecule has 0 aliphatic heterocycles. The molecule has 4 rings (SSSR count). The number of pyridine rings is 1. The van der Waals surface area contributed by atoms with Crippen molar-refractivity contribution in [1.82, 2.24) is 20.0 Å². The Hall–Kier alpha value is -3.85. The van der Waals surface area contributed by atoms with Crippen molar-refractivity contribution in [2.75, 3.05) is 11.1 Å². The molecule has 1 amide bonds. The fraction of sp³-hybridized carbons (Fsp3) is 0.130. The number of carbonyl (C=O) groups excluding carboxylic acids is 1. The predicted molar refractivity (Wildman–Crippen MR) is 124 cm³/mol. The van der Waals surface area contributed by atoms with Crippen LogP contribution in [-0.4, -0.2) is 30.1 Å². The number of rotatable bonds is 8. The van der Waals surface area contributed by atoms with Crippen LogP contribution in [0.25, 0.3) is 11.1 Å². The quantitative estimate of drug-likeness (QED) is 0.401. The second kappa shape index (κ2) is 9.97. The van der Waals surface area contributed by atoms with Crippen LogP contribution in [0.15, 0.2) is 84.1 Å². The second-order valence-corrected chi connectivity index (χ2v) is 8.55. The maximum absolute atomic E-state index is 12.5. The molecule has 0 spiro atoms. The summed E-state index contributed by atoms with van der Waals surface area (Å²) < 4.78 is 13.9. The normalized spacial score (nSPS) is 11.8. The summed E-state index contributed by atoms with van der Waals surface area (Å²) in [5, 5.41) is 11.0. The van der Waals surface area contributed by atoms with Gasteiger partial charge in [0.15, 0.2) is 0 Å². The summed E-state index contributed by atoms with van der Waals surface area (Å²) in [6, 6.07) is 18.5. The van der Waals surface area contributed by atoms with Gasteiger partial charge in [0.1, 0.15) is 5.88 Å². The summed E-state index contributed by atoms with van der Waals surface area (Å²) in [5.41, 5.74) is 9.58. The molecule has 0 aliphatic rings. The molecule has 0 saturated carbocycles. The molecule has 0 bridgehead atoms. The molecule has 0 aliphatic carbocycles. The first-order valence-electron chi connectivity index (χ1n) is 10.0. The van der Waals surface area contributed by atoms with Gasteiger partial charge in [0.05, 0.1) is 27.9 Å². The molecule has 0 radical (unpaired) electrons. The molecule has 3 N–H and O–H groups in total. The van der Waals surface area contributed by atoms with E-state index >= 15 is 0 Å². The van der Waals surface area contributed by atoms with Gasteiger partial charge in [-0.3, -0.25) is 14.0 Å². The highest BCUT2D eigenvalue weighted by atomic mass is 32.2. The van der Waals surface area contributed by atoms with Crippen molar-refractivity contribution in [3.8, 4) is 11.1 Å². The molecule has 32 heavy (non-hydrogen) atoms. The van der Waals surface area contributed by atoms with Crippen molar-refractivity contribution < 1.29 is 9.00 Å². The van der Waals surface area contributed by atoms with Crippen LogP contribution in [0.3, 0.4) is 0 Å². The van der Waals surface area contributed by atoms with Crippen LogP contribution in [0.5, 0.6) is 0 Å². The van der Waals surface area contributed by atoms with E-state index in [4.69, 9.17) is 5.73 Å². The average molecular weight is 447 g/mol. The maximum atomic E-state index is 12.5. The predicted octanol–water partition coefficient (Wildman–Crippen LogP) is 3.26. The average Bonchev–Trinajstić information content (AvgIpc) is 3.27. The molecule has 9 heteroatoms. The monoisotopic (exact) mass is 446 g/mol. The van der Waals surface area contributed by atoms with Crippen molar-refractivity contribution >= 4 is 28.1 Å². The van der Waals surface area contributed by atoms with Gasteiger partial charge in [-0.2, -0.15) is 0 Å². The third kappa shape index (κ3) is 5.44. The largest absolute Gasteiger partial charge is 0.397 e. The van der Waals surface area contributed by atoms with E-state index in [9.17, 15) is 9.00 Å². The maximum Gasteiger partial charge on any atom is 0.224 e. The van der Waals surface area contributed by atoms with Gasteiger partial charge in [-0.05, 0) is 35.9 Å². The van der Waals surface area contributed by atoms with Gasteiger partial charge in [-0.1, -0.05) is 35.5 Å². The lowest BCUT2D eigenvalue weighted by molar-refractivity contribution is -0.116. The Balaban J connectivity index is 1.33. The number of benzene rings is 2. The number of aryl methyl sites for hydroxylation is 1. The second-order valence-electron chi connectivity index (χ2n) is 7.13. The summed E-state index contributed by atoms with van der Waals surface area (Å²) >= 11 is 0. The molecular weight excluding hydrogens is 424 g/mol. The van der Waals surface area contributed by atoms with E-state index in [1.165, 1.54) is 4.68 Å². The zero-order valence-corrected chi connectivity index (χ0v) is 18.0. The summed E-state index contributed by atoms with van der Waals surface area (Å²) in [5.74, 6) is 0.0309. The van der Waals surface area contributed by atoms with Crippen LogP contribution in [0.1, 0.15) is 12.1 Å². The first kappa shape index (κ1) is 21.4. The molecule has 2 heterocycles. The van der Waals surface area contributed by atoms with Gasteiger partial charge in [0.25, 0.3) is 0 Å². The van der Waals surface area contributed by atoms with Crippen molar-refractivity contribution in [3.05, 3.63) is 84.9 Å². The van der Waals surface area contributed by atoms with Gasteiger partial charge in [-0.25, -0.2) is 4.68 Å². The Morgan fingerprint density at radius 1 is 1.06 bits per heavy atom. The molecule has 8 nitrogen and oxygen atoms in total. The van der Waals surface area contributed by atoms with Crippen LogP contribution >= 0.6 is 0 Å². The fourth-order valence-electron chi connectivity index (χ4n) is 3.12. The third-order valence-corrected chi connectivity index (χ3v) is 6.07. The highest BCUT2D eigenvalue weighted by Gasteiger charge is 2.11. The Morgan fingerprint density at radius 2 is 1.91 bits per heavy atom. The Bertz CT molecular complexity index is 1230. The van der Waals surface area contributed by atoms with Crippen LogP contribution in [0, 0.1) is 0 Å². The SMILES string of the molecule is Nc1ccc(-c2cccnc2)cc1NC(=O)CCc1cn(CS(=O)c2ccccc2)nn1. The van der Waals surface area contributed by atoms with Crippen molar-refractivity contribution in [2.24, 2.45) is 0 Å². The number of nitrogens with one attached hydrogen (secondary N) is 1. The fourth-order valence-corrected chi connectivity index (χ4v) is 4.09. The first-order valence-corrected chi connectivity index (χ1v) is 11.3. The van der Waals surface area contributed by atoms with Crippen molar-refractivity contribution in [2.45, 2.75) is 23.6 Å². The summed E-state index contributed by atoms with van der Waals surface area (Å²) in [6.07, 6.45) is 5.80. The number of hydrogen-bond donors (Lipinski definition) is 2. The van der Waals surface area contributed by atoms with E-state index in [-0.39, 0.29) is 18.2 Å². The van der Waals surface area contributed by atoms with E-state index in [0.29, 0.717) is 23.5 Å². The molecular formula is C23H22N6O2S. The van der Waals surface area contributed by atoms with Crippen LogP contribution in [0.4, 0.5) is 11.4 Å².